The summed E-state index contributed by atoms with van der Waals surface area (Å²) < 4.78 is 6.12. The van der Waals surface area contributed by atoms with Crippen LogP contribution in [0.5, 0.6) is 0 Å². The number of ether oxygens (including phenoxy) is 1. The maximum Gasteiger partial charge on any atom is 0.176 e. The number of ketones is 1. The third-order valence-corrected chi connectivity index (χ3v) is 7.49. The number of hydrogen-bond acceptors (Lipinski definition) is 4. The molecule has 0 saturated carbocycles. The van der Waals surface area contributed by atoms with Gasteiger partial charge in [-0.2, -0.15) is 11.8 Å². The second kappa shape index (κ2) is 5.71. The average molecular weight is 322 g/mol. The molecule has 21 heavy (non-hydrogen) atoms. The Kier molecular flexibility index (Phi) is 3.88. The minimum atomic E-state index is 0.0177. The van der Waals surface area contributed by atoms with E-state index in [1.54, 1.807) is 11.3 Å². The molecule has 0 amide bonds. The van der Waals surface area contributed by atoms with E-state index in [1.165, 1.54) is 41.2 Å². The van der Waals surface area contributed by atoms with Crippen LogP contribution in [0.2, 0.25) is 0 Å². The standard InChI is InChI=1S/C17H22O2S2/c18-16(15-10-12-2-1-3-14(12)21-15)13-4-7-19-17(11-13)5-8-20-9-6-17/h10,13H,1-9,11H2. The van der Waals surface area contributed by atoms with E-state index in [0.717, 1.165) is 37.2 Å². The molecule has 3 aliphatic rings. The lowest BCUT2D eigenvalue weighted by molar-refractivity contribution is -0.0959. The van der Waals surface area contributed by atoms with Crippen LogP contribution in [-0.2, 0) is 17.6 Å². The number of hydrogen-bond donors (Lipinski definition) is 0. The smallest absolute Gasteiger partial charge is 0.176 e. The van der Waals surface area contributed by atoms with E-state index >= 15 is 0 Å². The second-order valence-electron chi connectivity index (χ2n) is 6.61. The van der Waals surface area contributed by atoms with Gasteiger partial charge in [0, 0.05) is 17.4 Å². The number of carbonyl (C=O) groups is 1. The first-order valence-corrected chi connectivity index (χ1v) is 10.1. The summed E-state index contributed by atoms with van der Waals surface area (Å²) in [5, 5.41) is 0. The van der Waals surface area contributed by atoms with E-state index in [2.05, 4.69) is 6.07 Å². The van der Waals surface area contributed by atoms with Gasteiger partial charge >= 0.3 is 0 Å². The average Bonchev–Trinajstić information content (AvgIpc) is 3.08. The molecule has 2 saturated heterocycles. The van der Waals surface area contributed by atoms with Crippen molar-refractivity contribution in [3.8, 4) is 0 Å². The van der Waals surface area contributed by atoms with Gasteiger partial charge in [0.25, 0.3) is 0 Å². The molecular formula is C17H22O2S2. The van der Waals surface area contributed by atoms with Gasteiger partial charge in [-0.1, -0.05) is 0 Å². The molecular weight excluding hydrogens is 300 g/mol. The number of thiophene rings is 1. The Labute approximate surface area is 134 Å². The molecule has 1 atom stereocenters. The molecule has 1 unspecified atom stereocenters. The predicted octanol–water partition coefficient (Wildman–Crippen LogP) is 4.11. The van der Waals surface area contributed by atoms with Crippen LogP contribution in [-0.4, -0.2) is 29.5 Å². The molecule has 1 spiro atoms. The Hall–Kier alpha value is -0.320. The number of aryl methyl sites for hydroxylation is 2. The number of carbonyl (C=O) groups excluding carboxylic acids is 1. The highest BCUT2D eigenvalue weighted by molar-refractivity contribution is 7.99. The molecule has 0 N–H and O–H groups in total. The summed E-state index contributed by atoms with van der Waals surface area (Å²) in [6.45, 7) is 0.770. The highest BCUT2D eigenvalue weighted by atomic mass is 32.2. The van der Waals surface area contributed by atoms with Gasteiger partial charge in [-0.05, 0) is 68.1 Å². The SMILES string of the molecule is O=C(c1cc2c(s1)CCC2)C1CCOC2(CCSCC2)C1. The van der Waals surface area contributed by atoms with Crippen molar-refractivity contribution in [3.05, 3.63) is 21.4 Å². The third-order valence-electron chi connectivity index (χ3n) is 5.26. The van der Waals surface area contributed by atoms with Crippen LogP contribution in [0.1, 0.15) is 52.2 Å². The molecule has 1 aromatic rings. The van der Waals surface area contributed by atoms with Crippen molar-refractivity contribution in [1.82, 2.24) is 0 Å². The molecule has 0 aromatic carbocycles. The first-order valence-electron chi connectivity index (χ1n) is 8.13. The number of fused-ring (bicyclic) bond motifs is 1. The number of thioether (sulfide) groups is 1. The van der Waals surface area contributed by atoms with E-state index in [0.29, 0.717) is 5.78 Å². The molecule has 2 nitrogen and oxygen atoms in total. The third kappa shape index (κ3) is 2.71. The van der Waals surface area contributed by atoms with Gasteiger partial charge in [-0.3, -0.25) is 4.79 Å². The molecule has 4 rings (SSSR count). The van der Waals surface area contributed by atoms with E-state index < -0.39 is 0 Å². The fraction of sp³-hybridized carbons (Fsp3) is 0.706. The molecule has 1 aliphatic carbocycles. The number of rotatable bonds is 2. The lowest BCUT2D eigenvalue weighted by atomic mass is 9.80. The summed E-state index contributed by atoms with van der Waals surface area (Å²) in [5.41, 5.74) is 1.46. The van der Waals surface area contributed by atoms with E-state index in [1.807, 2.05) is 11.8 Å². The molecule has 0 radical (unpaired) electrons. The highest BCUT2D eigenvalue weighted by Gasteiger charge is 2.41. The van der Waals surface area contributed by atoms with Crippen molar-refractivity contribution in [2.24, 2.45) is 5.92 Å². The Morgan fingerprint density at radius 2 is 2.14 bits per heavy atom. The summed E-state index contributed by atoms with van der Waals surface area (Å²) in [6, 6.07) is 2.19. The number of Topliss-reactive ketones (excluding diaryl/α,β-unsaturated/α-hetero) is 1. The maximum atomic E-state index is 12.9. The van der Waals surface area contributed by atoms with Crippen LogP contribution in [0.4, 0.5) is 0 Å². The Morgan fingerprint density at radius 3 is 2.95 bits per heavy atom. The predicted molar refractivity (Wildman–Crippen MR) is 88.6 cm³/mol. The Morgan fingerprint density at radius 1 is 1.29 bits per heavy atom. The normalized spacial score (nSPS) is 27.7. The van der Waals surface area contributed by atoms with Gasteiger partial charge in [0.1, 0.15) is 0 Å². The lowest BCUT2D eigenvalue weighted by Gasteiger charge is -2.42. The first-order chi connectivity index (χ1) is 10.3. The van der Waals surface area contributed by atoms with Crippen LogP contribution >= 0.6 is 23.1 Å². The zero-order chi connectivity index (χ0) is 14.3. The van der Waals surface area contributed by atoms with Crippen molar-refractivity contribution >= 4 is 28.9 Å². The van der Waals surface area contributed by atoms with Gasteiger partial charge < -0.3 is 4.74 Å². The van der Waals surface area contributed by atoms with Crippen molar-refractivity contribution in [2.45, 2.75) is 50.5 Å². The van der Waals surface area contributed by atoms with Crippen LogP contribution in [0, 0.1) is 5.92 Å². The fourth-order valence-electron chi connectivity index (χ4n) is 4.00. The molecule has 1 aromatic heterocycles. The minimum Gasteiger partial charge on any atom is -0.375 e. The summed E-state index contributed by atoms with van der Waals surface area (Å²) in [6.07, 6.45) is 7.75. The van der Waals surface area contributed by atoms with Crippen molar-refractivity contribution in [2.75, 3.05) is 18.1 Å². The van der Waals surface area contributed by atoms with E-state index in [4.69, 9.17) is 4.74 Å². The van der Waals surface area contributed by atoms with Crippen molar-refractivity contribution in [1.29, 1.82) is 0 Å². The van der Waals surface area contributed by atoms with Crippen LogP contribution in [0.25, 0.3) is 0 Å². The van der Waals surface area contributed by atoms with Gasteiger partial charge in [-0.25, -0.2) is 0 Å². The Balaban J connectivity index is 1.50. The largest absolute Gasteiger partial charge is 0.375 e. The quantitative estimate of drug-likeness (QED) is 0.767. The van der Waals surface area contributed by atoms with Gasteiger partial charge in [0.05, 0.1) is 10.5 Å². The zero-order valence-corrected chi connectivity index (χ0v) is 14.0. The minimum absolute atomic E-state index is 0.0177. The van der Waals surface area contributed by atoms with E-state index in [9.17, 15) is 4.79 Å². The summed E-state index contributed by atoms with van der Waals surface area (Å²) in [4.78, 5) is 15.4. The lowest BCUT2D eigenvalue weighted by Crippen LogP contribution is -2.44. The van der Waals surface area contributed by atoms with Crippen LogP contribution in [0.15, 0.2) is 6.07 Å². The topological polar surface area (TPSA) is 26.3 Å². The summed E-state index contributed by atoms with van der Waals surface area (Å²) in [7, 11) is 0. The fourth-order valence-corrected chi connectivity index (χ4v) is 6.50. The second-order valence-corrected chi connectivity index (χ2v) is 8.97. The molecule has 114 valence electrons. The molecule has 2 fully saturated rings. The van der Waals surface area contributed by atoms with Crippen molar-refractivity contribution < 1.29 is 9.53 Å². The molecule has 0 bridgehead atoms. The highest BCUT2D eigenvalue weighted by Crippen LogP contribution is 2.41. The summed E-state index contributed by atoms with van der Waals surface area (Å²) >= 11 is 3.79. The first kappa shape index (κ1) is 14.3. The molecule has 4 heteroatoms. The van der Waals surface area contributed by atoms with Crippen molar-refractivity contribution in [3.63, 3.8) is 0 Å². The van der Waals surface area contributed by atoms with Gasteiger partial charge in [0.15, 0.2) is 5.78 Å². The van der Waals surface area contributed by atoms with Gasteiger partial charge in [-0.15, -0.1) is 11.3 Å². The van der Waals surface area contributed by atoms with Gasteiger partial charge in [0.2, 0.25) is 0 Å². The maximum absolute atomic E-state index is 12.9. The monoisotopic (exact) mass is 322 g/mol. The zero-order valence-electron chi connectivity index (χ0n) is 12.4. The van der Waals surface area contributed by atoms with E-state index in [-0.39, 0.29) is 11.5 Å². The summed E-state index contributed by atoms with van der Waals surface area (Å²) in [5.74, 6) is 2.97. The molecule has 2 aliphatic heterocycles. The van der Waals surface area contributed by atoms with Crippen LogP contribution < -0.4 is 0 Å². The molecule has 3 heterocycles. The van der Waals surface area contributed by atoms with Crippen LogP contribution in [0.3, 0.4) is 0 Å². The Bertz CT molecular complexity index is 516.